The van der Waals surface area contributed by atoms with Crippen LogP contribution in [0.2, 0.25) is 0 Å². The standard InChI is InChI=1S/C44H37BN2O2/c1-27-19-22-37-32(23-27)45-31-21-20-30-40(44(4,5)26-43(30,2)3)42(31)49-39-25-29(24-38(48-37)41(39)45)47-35-17-11-9-15-33(35)46(28-13-7-6-8-14-28)34-16-10-12-18-36(34)47/h6-25H,26H2,1-5H3. The van der Waals surface area contributed by atoms with Crippen LogP contribution in [0.25, 0.3) is 0 Å². The SMILES string of the molecule is Cc1ccc2c(c1)B1c3ccc4c(c3Oc3cc(N5c6ccccc6N(c6ccccc6)c6ccccc65)cc(c31)O2)C(C)(C)CC4(C)C. The predicted molar refractivity (Wildman–Crippen MR) is 202 cm³/mol. The number of hydrogen-bond acceptors (Lipinski definition) is 4. The zero-order valence-electron chi connectivity index (χ0n) is 28.5. The number of nitrogens with zero attached hydrogens (tertiary/aromatic N) is 2. The number of fused-ring (bicyclic) bond motifs is 8. The molecule has 1 aliphatic carbocycles. The van der Waals surface area contributed by atoms with Crippen LogP contribution in [0.5, 0.6) is 23.0 Å². The zero-order chi connectivity index (χ0) is 33.2. The normalized spacial score (nSPS) is 16.7. The molecule has 0 spiro atoms. The average Bonchev–Trinajstić information content (AvgIpc) is 3.30. The highest BCUT2D eigenvalue weighted by atomic mass is 16.5. The summed E-state index contributed by atoms with van der Waals surface area (Å²) in [6, 6.07) is 43.7. The maximum atomic E-state index is 7.22. The van der Waals surface area contributed by atoms with Crippen molar-refractivity contribution >= 4 is 57.2 Å². The van der Waals surface area contributed by atoms with Gasteiger partial charge in [-0.15, -0.1) is 0 Å². The molecule has 0 radical (unpaired) electrons. The Hall–Kier alpha value is -5.42. The molecule has 6 aromatic rings. The van der Waals surface area contributed by atoms with E-state index in [0.29, 0.717) is 0 Å². The van der Waals surface area contributed by atoms with Gasteiger partial charge in [0.25, 0.3) is 6.71 Å². The van der Waals surface area contributed by atoms with E-state index >= 15 is 0 Å². The number of hydrogen-bond donors (Lipinski definition) is 0. The van der Waals surface area contributed by atoms with E-state index in [-0.39, 0.29) is 17.5 Å². The highest BCUT2D eigenvalue weighted by Gasteiger charge is 2.49. The van der Waals surface area contributed by atoms with Crippen molar-refractivity contribution in [1.82, 2.24) is 0 Å². The van der Waals surface area contributed by atoms with Crippen LogP contribution >= 0.6 is 0 Å². The lowest BCUT2D eigenvalue weighted by molar-refractivity contribution is 0.394. The molecule has 0 saturated carbocycles. The van der Waals surface area contributed by atoms with Gasteiger partial charge in [-0.3, -0.25) is 0 Å². The molecule has 6 aromatic carbocycles. The lowest BCUT2D eigenvalue weighted by Crippen LogP contribution is -2.57. The number of ether oxygens (including phenoxy) is 2. The molecule has 0 unspecified atom stereocenters. The molecule has 238 valence electrons. The van der Waals surface area contributed by atoms with Gasteiger partial charge in [-0.1, -0.05) is 100.0 Å². The van der Waals surface area contributed by atoms with Gasteiger partial charge in [-0.05, 0) is 83.1 Å². The van der Waals surface area contributed by atoms with E-state index in [1.165, 1.54) is 27.6 Å². The molecule has 0 atom stereocenters. The van der Waals surface area contributed by atoms with Gasteiger partial charge in [-0.25, -0.2) is 0 Å². The van der Waals surface area contributed by atoms with Crippen LogP contribution in [0.4, 0.5) is 34.1 Å². The fourth-order valence-corrected chi connectivity index (χ4v) is 9.40. The first-order valence-electron chi connectivity index (χ1n) is 17.4. The van der Waals surface area contributed by atoms with E-state index < -0.39 is 0 Å². The number of rotatable bonds is 2. The molecule has 0 amide bonds. The molecule has 5 heteroatoms. The van der Waals surface area contributed by atoms with Crippen molar-refractivity contribution in [2.45, 2.75) is 51.9 Å². The van der Waals surface area contributed by atoms with Crippen molar-refractivity contribution in [2.24, 2.45) is 0 Å². The summed E-state index contributed by atoms with van der Waals surface area (Å²) in [4.78, 5) is 4.72. The molecular formula is C44H37BN2O2. The lowest BCUT2D eigenvalue weighted by Gasteiger charge is -2.41. The largest absolute Gasteiger partial charge is 0.458 e. The zero-order valence-corrected chi connectivity index (χ0v) is 28.5. The van der Waals surface area contributed by atoms with Gasteiger partial charge in [0.15, 0.2) is 0 Å². The van der Waals surface area contributed by atoms with Crippen molar-refractivity contribution < 1.29 is 9.47 Å². The second kappa shape index (κ2) is 9.82. The summed E-state index contributed by atoms with van der Waals surface area (Å²) >= 11 is 0. The van der Waals surface area contributed by atoms with E-state index in [1.54, 1.807) is 0 Å². The number of aryl methyl sites for hydroxylation is 1. The van der Waals surface area contributed by atoms with Gasteiger partial charge in [0.05, 0.1) is 28.4 Å². The fourth-order valence-electron chi connectivity index (χ4n) is 9.40. The van der Waals surface area contributed by atoms with Crippen molar-refractivity contribution in [1.29, 1.82) is 0 Å². The smallest absolute Gasteiger partial charge is 0.260 e. The Balaban J connectivity index is 1.22. The minimum atomic E-state index is -0.0195. The summed E-state index contributed by atoms with van der Waals surface area (Å²) in [5.41, 5.74) is 14.1. The van der Waals surface area contributed by atoms with Crippen LogP contribution in [-0.4, -0.2) is 6.71 Å². The Kier molecular flexibility index (Phi) is 5.73. The fraction of sp³-hybridized carbons (Fsp3) is 0.182. The first-order chi connectivity index (χ1) is 23.7. The summed E-state index contributed by atoms with van der Waals surface area (Å²) in [6.07, 6.45) is 1.08. The van der Waals surface area contributed by atoms with Crippen molar-refractivity contribution in [3.63, 3.8) is 0 Å². The van der Waals surface area contributed by atoms with E-state index in [9.17, 15) is 0 Å². The van der Waals surface area contributed by atoms with E-state index in [0.717, 1.165) is 69.0 Å². The van der Waals surface area contributed by atoms with Crippen molar-refractivity contribution in [3.8, 4) is 23.0 Å². The third-order valence-electron chi connectivity index (χ3n) is 11.1. The van der Waals surface area contributed by atoms with Gasteiger partial charge in [-0.2, -0.15) is 0 Å². The maximum absolute atomic E-state index is 7.22. The molecule has 49 heavy (non-hydrogen) atoms. The minimum Gasteiger partial charge on any atom is -0.458 e. The first kappa shape index (κ1) is 28.6. The Morgan fingerprint density at radius 1 is 0.551 bits per heavy atom. The third kappa shape index (κ3) is 3.99. The summed E-state index contributed by atoms with van der Waals surface area (Å²) in [7, 11) is 0. The molecule has 4 aliphatic rings. The number of anilines is 6. The summed E-state index contributed by atoms with van der Waals surface area (Å²) < 4.78 is 14.1. The topological polar surface area (TPSA) is 24.9 Å². The maximum Gasteiger partial charge on any atom is 0.260 e. The van der Waals surface area contributed by atoms with Crippen LogP contribution in [0.15, 0.2) is 121 Å². The Labute approximate surface area is 288 Å². The second-order valence-electron chi connectivity index (χ2n) is 15.4. The van der Waals surface area contributed by atoms with Crippen LogP contribution in [-0.2, 0) is 10.8 Å². The average molecular weight is 637 g/mol. The lowest BCUT2D eigenvalue weighted by atomic mass is 9.34. The summed E-state index contributed by atoms with van der Waals surface area (Å²) in [6.45, 7) is 11.7. The van der Waals surface area contributed by atoms with Gasteiger partial charge in [0.1, 0.15) is 23.0 Å². The second-order valence-corrected chi connectivity index (χ2v) is 15.4. The minimum absolute atomic E-state index is 0.0192. The summed E-state index contributed by atoms with van der Waals surface area (Å²) in [5.74, 6) is 3.65. The van der Waals surface area contributed by atoms with Crippen LogP contribution in [0.3, 0.4) is 0 Å². The third-order valence-corrected chi connectivity index (χ3v) is 11.1. The monoisotopic (exact) mass is 636 g/mol. The van der Waals surface area contributed by atoms with Crippen LogP contribution in [0, 0.1) is 6.92 Å². The molecule has 0 fully saturated rings. The number of para-hydroxylation sites is 5. The van der Waals surface area contributed by atoms with Gasteiger partial charge >= 0.3 is 0 Å². The quantitative estimate of drug-likeness (QED) is 0.176. The predicted octanol–water partition coefficient (Wildman–Crippen LogP) is 9.93. The van der Waals surface area contributed by atoms with E-state index in [1.807, 2.05) is 0 Å². The van der Waals surface area contributed by atoms with Gasteiger partial charge < -0.3 is 19.3 Å². The highest BCUT2D eigenvalue weighted by Crippen LogP contribution is 2.56. The van der Waals surface area contributed by atoms with E-state index in [4.69, 9.17) is 9.47 Å². The Morgan fingerprint density at radius 2 is 1.14 bits per heavy atom. The Morgan fingerprint density at radius 3 is 1.80 bits per heavy atom. The first-order valence-corrected chi connectivity index (χ1v) is 17.4. The van der Waals surface area contributed by atoms with Gasteiger partial charge in [0.2, 0.25) is 0 Å². The number of benzene rings is 6. The van der Waals surface area contributed by atoms with Gasteiger partial charge in [0, 0.05) is 28.8 Å². The molecule has 0 aromatic heterocycles. The van der Waals surface area contributed by atoms with Crippen molar-refractivity contribution in [3.05, 3.63) is 138 Å². The van der Waals surface area contributed by atoms with Crippen LogP contribution in [0.1, 0.15) is 50.8 Å². The molecular weight excluding hydrogens is 599 g/mol. The molecule has 3 aliphatic heterocycles. The molecule has 0 N–H and O–H groups in total. The molecule has 10 rings (SSSR count). The van der Waals surface area contributed by atoms with E-state index in [2.05, 4.69) is 166 Å². The summed E-state index contributed by atoms with van der Waals surface area (Å²) in [5, 5.41) is 0. The molecule has 0 saturated heterocycles. The van der Waals surface area contributed by atoms with Crippen LogP contribution < -0.4 is 35.7 Å². The highest BCUT2D eigenvalue weighted by molar-refractivity contribution is 6.98. The Bertz CT molecular complexity index is 2310. The molecule has 0 bridgehead atoms. The molecule has 3 heterocycles. The van der Waals surface area contributed by atoms with Crippen molar-refractivity contribution in [2.75, 3.05) is 9.80 Å². The molecule has 4 nitrogen and oxygen atoms in total.